The van der Waals surface area contributed by atoms with E-state index in [0.29, 0.717) is 19.6 Å². The molecule has 0 radical (unpaired) electrons. The van der Waals surface area contributed by atoms with Crippen LogP contribution in [0.3, 0.4) is 0 Å². The highest BCUT2D eigenvalue weighted by atomic mass is 16.7. The van der Waals surface area contributed by atoms with Crippen molar-refractivity contribution in [1.29, 1.82) is 0 Å². The van der Waals surface area contributed by atoms with E-state index >= 15 is 0 Å². The summed E-state index contributed by atoms with van der Waals surface area (Å²) >= 11 is 0. The quantitative estimate of drug-likeness (QED) is 0.865. The number of rotatable bonds is 3. The number of amides is 1. The summed E-state index contributed by atoms with van der Waals surface area (Å²) in [5, 5.41) is 2.82. The largest absolute Gasteiger partial charge is 0.356 e. The molecule has 21 heavy (non-hydrogen) atoms. The summed E-state index contributed by atoms with van der Waals surface area (Å²) in [4.78, 5) is 14.1. The van der Waals surface area contributed by atoms with E-state index in [1.807, 2.05) is 6.92 Å². The van der Waals surface area contributed by atoms with Crippen LogP contribution in [0.5, 0.6) is 0 Å². The number of likely N-dealkylation sites (tertiary alicyclic amines) is 1. The monoisotopic (exact) mass is 298 g/mol. The summed E-state index contributed by atoms with van der Waals surface area (Å²) in [5.74, 6) is -0.508. The Morgan fingerprint density at radius 2 is 1.81 bits per heavy atom. The van der Waals surface area contributed by atoms with Crippen molar-refractivity contribution in [1.82, 2.24) is 10.2 Å². The molecule has 2 saturated heterocycles. The van der Waals surface area contributed by atoms with Gasteiger partial charge in [-0.15, -0.1) is 0 Å². The van der Waals surface area contributed by atoms with Crippen molar-refractivity contribution in [2.45, 2.75) is 76.9 Å². The number of hydrogen-bond acceptors (Lipinski definition) is 4. The Bertz CT molecular complexity index is 388. The van der Waals surface area contributed by atoms with Crippen LogP contribution < -0.4 is 5.32 Å². The van der Waals surface area contributed by atoms with Gasteiger partial charge in [0.2, 0.25) is 5.91 Å². The lowest BCUT2D eigenvalue weighted by molar-refractivity contribution is -0.241. The van der Waals surface area contributed by atoms with Gasteiger partial charge < -0.3 is 14.8 Å². The van der Waals surface area contributed by atoms with Crippen molar-refractivity contribution < 1.29 is 14.3 Å². The van der Waals surface area contributed by atoms with Gasteiger partial charge in [-0.2, -0.15) is 0 Å². The summed E-state index contributed by atoms with van der Waals surface area (Å²) in [7, 11) is 2.16. The maximum atomic E-state index is 11.7. The first-order valence-electron chi connectivity index (χ1n) is 7.93. The zero-order valence-electron chi connectivity index (χ0n) is 14.3. The third kappa shape index (κ3) is 3.41. The van der Waals surface area contributed by atoms with Gasteiger partial charge in [-0.25, -0.2) is 0 Å². The Kier molecular flexibility index (Phi) is 4.40. The molecule has 5 heteroatoms. The Morgan fingerprint density at radius 1 is 1.24 bits per heavy atom. The van der Waals surface area contributed by atoms with E-state index in [1.165, 1.54) is 0 Å². The maximum Gasteiger partial charge on any atom is 0.222 e. The van der Waals surface area contributed by atoms with Crippen LogP contribution in [-0.2, 0) is 14.3 Å². The number of hydrogen-bond donors (Lipinski definition) is 1. The zero-order valence-corrected chi connectivity index (χ0v) is 14.3. The molecule has 2 aliphatic heterocycles. The second kappa shape index (κ2) is 5.52. The molecule has 0 aromatic carbocycles. The van der Waals surface area contributed by atoms with Crippen LogP contribution in [0.25, 0.3) is 0 Å². The van der Waals surface area contributed by atoms with Gasteiger partial charge in [0.25, 0.3) is 0 Å². The van der Waals surface area contributed by atoms with Crippen LogP contribution in [-0.4, -0.2) is 54.0 Å². The van der Waals surface area contributed by atoms with Gasteiger partial charge in [0.1, 0.15) is 0 Å². The van der Waals surface area contributed by atoms with Crippen LogP contribution in [0.1, 0.15) is 53.9 Å². The third-order valence-electron chi connectivity index (χ3n) is 4.92. The smallest absolute Gasteiger partial charge is 0.222 e. The molecule has 122 valence electrons. The average Bonchev–Trinajstić information content (AvgIpc) is 2.67. The van der Waals surface area contributed by atoms with Crippen molar-refractivity contribution in [2.24, 2.45) is 0 Å². The minimum Gasteiger partial charge on any atom is -0.356 e. The number of ether oxygens (including phenoxy) is 2. The van der Waals surface area contributed by atoms with Crippen LogP contribution >= 0.6 is 0 Å². The first-order chi connectivity index (χ1) is 9.60. The van der Waals surface area contributed by atoms with E-state index < -0.39 is 5.79 Å². The van der Waals surface area contributed by atoms with E-state index in [9.17, 15) is 4.79 Å². The lowest BCUT2D eigenvalue weighted by Gasteiger charge is -2.56. The molecule has 2 fully saturated rings. The zero-order chi connectivity index (χ0) is 15.9. The molecule has 2 heterocycles. The van der Waals surface area contributed by atoms with Gasteiger partial charge in [0, 0.05) is 30.5 Å². The van der Waals surface area contributed by atoms with Gasteiger partial charge >= 0.3 is 0 Å². The fourth-order valence-corrected chi connectivity index (χ4v) is 3.82. The van der Waals surface area contributed by atoms with Crippen LogP contribution in [0.15, 0.2) is 0 Å². The standard InChI is InChI=1S/C16H30N2O3/c1-7-17-13(19)8-12-9-20-16(21-12)10-14(2,3)18(6)15(4,5)11-16/h12H,7-11H2,1-6H3,(H,17,19). The molecule has 2 rings (SSSR count). The van der Waals surface area contributed by atoms with E-state index in [4.69, 9.17) is 9.47 Å². The van der Waals surface area contributed by atoms with Gasteiger partial charge in [-0.1, -0.05) is 0 Å². The molecule has 1 N–H and O–H groups in total. The van der Waals surface area contributed by atoms with E-state index in [1.54, 1.807) is 0 Å². The SMILES string of the molecule is CCNC(=O)CC1COC2(CC(C)(C)N(C)C(C)(C)C2)O1. The molecule has 1 atom stereocenters. The fourth-order valence-electron chi connectivity index (χ4n) is 3.82. The first kappa shape index (κ1) is 16.7. The minimum absolute atomic E-state index is 0.00230. The second-order valence-corrected chi connectivity index (χ2v) is 7.66. The highest BCUT2D eigenvalue weighted by Crippen LogP contribution is 2.47. The van der Waals surface area contributed by atoms with Crippen molar-refractivity contribution in [3.8, 4) is 0 Å². The van der Waals surface area contributed by atoms with Crippen molar-refractivity contribution in [3.63, 3.8) is 0 Å². The Labute approximate surface area is 128 Å². The maximum absolute atomic E-state index is 11.7. The van der Waals surface area contributed by atoms with Gasteiger partial charge in [-0.05, 0) is 41.7 Å². The molecule has 0 aliphatic carbocycles. The van der Waals surface area contributed by atoms with Gasteiger partial charge in [0.15, 0.2) is 5.79 Å². The third-order valence-corrected chi connectivity index (χ3v) is 4.92. The Morgan fingerprint density at radius 3 is 2.33 bits per heavy atom. The number of carbonyl (C=O) groups is 1. The van der Waals surface area contributed by atoms with Gasteiger partial charge in [-0.3, -0.25) is 9.69 Å². The predicted octanol–water partition coefficient (Wildman–Crippen LogP) is 1.91. The predicted molar refractivity (Wildman–Crippen MR) is 82.0 cm³/mol. The summed E-state index contributed by atoms with van der Waals surface area (Å²) in [5.41, 5.74) is 0.00460. The lowest BCUT2D eigenvalue weighted by Crippen LogP contribution is -2.64. The molecular weight excluding hydrogens is 268 g/mol. The van der Waals surface area contributed by atoms with Gasteiger partial charge in [0.05, 0.1) is 19.1 Å². The number of carbonyl (C=O) groups excluding carboxylic acids is 1. The van der Waals surface area contributed by atoms with Crippen molar-refractivity contribution in [3.05, 3.63) is 0 Å². The highest BCUT2D eigenvalue weighted by molar-refractivity contribution is 5.76. The Hall–Kier alpha value is -0.650. The molecule has 0 saturated carbocycles. The van der Waals surface area contributed by atoms with E-state index in [2.05, 4.69) is 45.0 Å². The van der Waals surface area contributed by atoms with Crippen LogP contribution in [0.4, 0.5) is 0 Å². The van der Waals surface area contributed by atoms with Crippen LogP contribution in [0.2, 0.25) is 0 Å². The topological polar surface area (TPSA) is 50.8 Å². The molecule has 1 amide bonds. The summed E-state index contributed by atoms with van der Waals surface area (Å²) in [6.45, 7) is 12.0. The number of nitrogens with one attached hydrogen (secondary N) is 1. The molecule has 0 aromatic heterocycles. The second-order valence-electron chi connectivity index (χ2n) is 7.66. The van der Waals surface area contributed by atoms with Crippen LogP contribution in [0, 0.1) is 0 Å². The van der Waals surface area contributed by atoms with Crippen molar-refractivity contribution >= 4 is 5.91 Å². The number of piperidine rings is 1. The Balaban J connectivity index is 2.06. The van der Waals surface area contributed by atoms with Crippen molar-refractivity contribution in [2.75, 3.05) is 20.2 Å². The summed E-state index contributed by atoms with van der Waals surface area (Å²) in [6, 6.07) is 0. The van der Waals surface area contributed by atoms with E-state index in [0.717, 1.165) is 12.8 Å². The molecular formula is C16H30N2O3. The normalized spacial score (nSPS) is 30.5. The minimum atomic E-state index is -0.545. The highest BCUT2D eigenvalue weighted by Gasteiger charge is 2.55. The van der Waals surface area contributed by atoms with E-state index in [-0.39, 0.29) is 23.1 Å². The molecule has 2 aliphatic rings. The molecule has 5 nitrogen and oxygen atoms in total. The summed E-state index contributed by atoms with van der Waals surface area (Å²) < 4.78 is 12.3. The average molecular weight is 298 g/mol. The number of nitrogens with zero attached hydrogens (tertiary/aromatic N) is 1. The molecule has 1 spiro atoms. The lowest BCUT2D eigenvalue weighted by atomic mass is 9.76. The molecule has 0 aromatic rings. The fraction of sp³-hybridized carbons (Fsp3) is 0.938. The summed E-state index contributed by atoms with van der Waals surface area (Å²) in [6.07, 6.45) is 1.90. The molecule has 1 unspecified atom stereocenters. The molecule has 0 bridgehead atoms. The first-order valence-corrected chi connectivity index (χ1v) is 7.93.